The van der Waals surface area contributed by atoms with E-state index in [0.29, 0.717) is 0 Å². The van der Waals surface area contributed by atoms with Crippen molar-refractivity contribution in [2.24, 2.45) is 0 Å². The minimum absolute atomic E-state index is 0.146. The number of hydrogen-bond donors (Lipinski definition) is 1. The fourth-order valence-corrected chi connectivity index (χ4v) is 2.82. The van der Waals surface area contributed by atoms with Crippen molar-refractivity contribution >= 4 is 12.6 Å². The van der Waals surface area contributed by atoms with E-state index in [9.17, 15) is 0 Å². The van der Waals surface area contributed by atoms with Crippen LogP contribution in [0, 0.1) is 0 Å². The van der Waals surface area contributed by atoms with Gasteiger partial charge in [-0.1, -0.05) is 62.4 Å². The topological polar surface area (TPSA) is 0 Å². The van der Waals surface area contributed by atoms with Crippen LogP contribution in [0.5, 0.6) is 0 Å². The first-order chi connectivity index (χ1) is 8.21. The molecule has 0 saturated heterocycles. The molecule has 3 rings (SSSR count). The highest BCUT2D eigenvalue weighted by Gasteiger charge is 2.35. The van der Waals surface area contributed by atoms with Crippen LogP contribution in [0.4, 0.5) is 0 Å². The molecular weight excluding hydrogens is 224 g/mol. The monoisotopic (exact) mass is 242 g/mol. The number of fused-ring (bicyclic) bond motifs is 3. The van der Waals surface area contributed by atoms with Gasteiger partial charge in [0.05, 0.1) is 4.75 Å². The van der Waals surface area contributed by atoms with Gasteiger partial charge in [-0.2, -0.15) is 12.6 Å². The van der Waals surface area contributed by atoms with Crippen LogP contribution in [0.25, 0.3) is 11.1 Å². The molecule has 0 aromatic heterocycles. The number of thiol groups is 1. The summed E-state index contributed by atoms with van der Waals surface area (Å²) in [5.41, 5.74) is 5.28. The molecule has 0 fully saturated rings. The van der Waals surface area contributed by atoms with E-state index in [0.717, 1.165) is 0 Å². The molecule has 0 aliphatic heterocycles. The predicted molar refractivity (Wildman–Crippen MR) is 78.7 cm³/mol. The molecule has 2 aromatic rings. The summed E-state index contributed by atoms with van der Waals surface area (Å²) in [5, 5.41) is 0. The van der Waals surface area contributed by atoms with Gasteiger partial charge in [-0.15, -0.1) is 0 Å². The first-order valence-electron chi connectivity index (χ1n) is 6.13. The zero-order valence-corrected chi connectivity index (χ0v) is 11.5. The Morgan fingerprint density at radius 3 is 1.53 bits per heavy atom. The molecule has 0 atom stereocenters. The van der Waals surface area contributed by atoms with Gasteiger partial charge in [-0.3, -0.25) is 0 Å². The summed E-state index contributed by atoms with van der Waals surface area (Å²) in [5.74, 6) is 0. The standard InChI is InChI=1S/C14H12S.C2H6/c1-14(15)12-8-4-2-6-10(12)11-7-3-5-9-13(11)14;1-2/h2-9,15H,1H3;1-2H3. The molecule has 0 radical (unpaired) electrons. The second kappa shape index (κ2) is 4.58. The summed E-state index contributed by atoms with van der Waals surface area (Å²) in [7, 11) is 0. The maximum atomic E-state index is 4.81. The lowest BCUT2D eigenvalue weighted by atomic mass is 9.98. The van der Waals surface area contributed by atoms with Crippen molar-refractivity contribution in [3.8, 4) is 11.1 Å². The Kier molecular flexibility index (Phi) is 3.30. The van der Waals surface area contributed by atoms with Crippen LogP contribution in [0.2, 0.25) is 0 Å². The van der Waals surface area contributed by atoms with E-state index in [-0.39, 0.29) is 4.75 Å². The number of benzene rings is 2. The first-order valence-corrected chi connectivity index (χ1v) is 6.58. The van der Waals surface area contributed by atoms with E-state index in [1.54, 1.807) is 0 Å². The number of hydrogen-bond acceptors (Lipinski definition) is 1. The quantitative estimate of drug-likeness (QED) is 0.625. The van der Waals surface area contributed by atoms with E-state index in [1.807, 2.05) is 13.8 Å². The summed E-state index contributed by atoms with van der Waals surface area (Å²) in [4.78, 5) is 0. The molecular formula is C16H18S. The van der Waals surface area contributed by atoms with Crippen LogP contribution in [0.1, 0.15) is 31.9 Å². The molecule has 0 nitrogen and oxygen atoms in total. The van der Waals surface area contributed by atoms with E-state index in [4.69, 9.17) is 12.6 Å². The Labute approximate surface area is 109 Å². The first kappa shape index (κ1) is 12.3. The van der Waals surface area contributed by atoms with Crippen LogP contribution in [0.3, 0.4) is 0 Å². The van der Waals surface area contributed by atoms with E-state index >= 15 is 0 Å². The Hall–Kier alpha value is -1.21. The summed E-state index contributed by atoms with van der Waals surface area (Å²) < 4.78 is -0.146. The van der Waals surface area contributed by atoms with Crippen molar-refractivity contribution in [1.29, 1.82) is 0 Å². The zero-order valence-electron chi connectivity index (χ0n) is 10.6. The van der Waals surface area contributed by atoms with Crippen LogP contribution in [-0.2, 0) is 4.75 Å². The van der Waals surface area contributed by atoms with Gasteiger partial charge in [-0.25, -0.2) is 0 Å². The van der Waals surface area contributed by atoms with E-state index in [1.165, 1.54) is 22.3 Å². The average Bonchev–Trinajstić information content (AvgIpc) is 2.63. The molecule has 0 heterocycles. The lowest BCUT2D eigenvalue weighted by Crippen LogP contribution is -2.11. The smallest absolute Gasteiger partial charge is 0.0610 e. The third-order valence-electron chi connectivity index (χ3n) is 3.19. The van der Waals surface area contributed by atoms with Gasteiger partial charge in [0.1, 0.15) is 0 Å². The molecule has 0 amide bonds. The van der Waals surface area contributed by atoms with E-state index in [2.05, 4.69) is 55.5 Å². The van der Waals surface area contributed by atoms with Crippen molar-refractivity contribution in [3.05, 3.63) is 59.7 Å². The highest BCUT2D eigenvalue weighted by atomic mass is 32.1. The number of rotatable bonds is 0. The van der Waals surface area contributed by atoms with Gasteiger partial charge in [0.2, 0.25) is 0 Å². The Balaban J connectivity index is 0.000000514. The van der Waals surface area contributed by atoms with Gasteiger partial charge < -0.3 is 0 Å². The Morgan fingerprint density at radius 2 is 1.12 bits per heavy atom. The average molecular weight is 242 g/mol. The molecule has 0 spiro atoms. The van der Waals surface area contributed by atoms with Gasteiger partial charge in [-0.05, 0) is 29.2 Å². The SMILES string of the molecule is CC.CC1(S)c2ccccc2-c2ccccc21. The summed E-state index contributed by atoms with van der Waals surface area (Å²) in [6.07, 6.45) is 0. The van der Waals surface area contributed by atoms with Crippen LogP contribution in [0.15, 0.2) is 48.5 Å². The summed E-state index contributed by atoms with van der Waals surface area (Å²) >= 11 is 4.81. The van der Waals surface area contributed by atoms with Crippen molar-refractivity contribution in [3.63, 3.8) is 0 Å². The minimum atomic E-state index is -0.146. The highest BCUT2D eigenvalue weighted by Crippen LogP contribution is 2.50. The van der Waals surface area contributed by atoms with Crippen molar-refractivity contribution in [2.75, 3.05) is 0 Å². The molecule has 1 heteroatoms. The molecule has 2 aromatic carbocycles. The summed E-state index contributed by atoms with van der Waals surface area (Å²) in [6.45, 7) is 6.17. The van der Waals surface area contributed by atoms with Gasteiger partial charge in [0, 0.05) is 0 Å². The Morgan fingerprint density at radius 1 is 0.765 bits per heavy atom. The second-order valence-electron chi connectivity index (χ2n) is 4.16. The van der Waals surface area contributed by atoms with E-state index < -0.39 is 0 Å². The maximum Gasteiger partial charge on any atom is 0.0610 e. The molecule has 0 unspecified atom stereocenters. The highest BCUT2D eigenvalue weighted by molar-refractivity contribution is 7.81. The van der Waals surface area contributed by atoms with Crippen molar-refractivity contribution < 1.29 is 0 Å². The maximum absolute atomic E-state index is 4.81. The summed E-state index contributed by atoms with van der Waals surface area (Å²) in [6, 6.07) is 17.0. The molecule has 1 aliphatic carbocycles. The zero-order chi connectivity index (χ0) is 12.5. The van der Waals surface area contributed by atoms with Gasteiger partial charge in [0.25, 0.3) is 0 Å². The fraction of sp³-hybridized carbons (Fsp3) is 0.250. The van der Waals surface area contributed by atoms with Crippen molar-refractivity contribution in [1.82, 2.24) is 0 Å². The van der Waals surface area contributed by atoms with Crippen LogP contribution in [-0.4, -0.2) is 0 Å². The Bertz CT molecular complexity index is 479. The third kappa shape index (κ3) is 1.79. The third-order valence-corrected chi connectivity index (χ3v) is 3.68. The lowest BCUT2D eigenvalue weighted by Gasteiger charge is -2.19. The molecule has 0 N–H and O–H groups in total. The molecule has 0 saturated carbocycles. The van der Waals surface area contributed by atoms with Crippen LogP contribution < -0.4 is 0 Å². The van der Waals surface area contributed by atoms with Gasteiger partial charge >= 0.3 is 0 Å². The molecule has 0 bridgehead atoms. The minimum Gasteiger partial charge on any atom is -0.163 e. The van der Waals surface area contributed by atoms with Gasteiger partial charge in [0.15, 0.2) is 0 Å². The predicted octanol–water partition coefficient (Wildman–Crippen LogP) is 4.89. The van der Waals surface area contributed by atoms with Crippen LogP contribution >= 0.6 is 12.6 Å². The largest absolute Gasteiger partial charge is 0.163 e. The van der Waals surface area contributed by atoms with Crippen molar-refractivity contribution in [2.45, 2.75) is 25.5 Å². The normalized spacial score (nSPS) is 14.4. The fourth-order valence-electron chi connectivity index (χ4n) is 2.43. The lowest BCUT2D eigenvalue weighted by molar-refractivity contribution is 0.878. The molecule has 1 aliphatic rings. The molecule has 88 valence electrons. The molecule has 17 heavy (non-hydrogen) atoms. The second-order valence-corrected chi connectivity index (χ2v) is 5.06.